The molecule has 4 nitrogen and oxygen atoms in total. The second kappa shape index (κ2) is 5.31. The normalized spacial score (nSPS) is 24.2. The molecule has 1 aliphatic rings. The third-order valence-electron chi connectivity index (χ3n) is 3.19. The summed E-state index contributed by atoms with van der Waals surface area (Å²) in [5.74, 6) is -0.409. The van der Waals surface area contributed by atoms with Gasteiger partial charge in [-0.05, 0) is 19.9 Å². The number of nitriles is 1. The van der Waals surface area contributed by atoms with E-state index in [1.54, 1.807) is 0 Å². The molecule has 0 spiro atoms. The van der Waals surface area contributed by atoms with Crippen molar-refractivity contribution in [1.29, 1.82) is 5.26 Å². The minimum absolute atomic E-state index is 0.00176. The fourth-order valence-corrected chi connectivity index (χ4v) is 2.14. The average molecular weight is 223 g/mol. The van der Waals surface area contributed by atoms with Gasteiger partial charge in [0.1, 0.15) is 5.92 Å². The first kappa shape index (κ1) is 13.0. The summed E-state index contributed by atoms with van der Waals surface area (Å²) in [6, 6.07) is 2.33. The van der Waals surface area contributed by atoms with Crippen molar-refractivity contribution in [2.75, 3.05) is 26.7 Å². The number of nitrogens with zero attached hydrogens (tertiary/aromatic N) is 3. The average Bonchev–Trinajstić information content (AvgIpc) is 2.17. The summed E-state index contributed by atoms with van der Waals surface area (Å²) in [5, 5.41) is 9.03. The van der Waals surface area contributed by atoms with Gasteiger partial charge < -0.3 is 9.80 Å². The largest absolute Gasteiger partial charge is 0.336 e. The molecular weight excluding hydrogens is 202 g/mol. The van der Waals surface area contributed by atoms with Crippen molar-refractivity contribution in [3.63, 3.8) is 0 Å². The van der Waals surface area contributed by atoms with Crippen molar-refractivity contribution in [3.05, 3.63) is 0 Å². The van der Waals surface area contributed by atoms with Gasteiger partial charge in [-0.25, -0.2) is 0 Å². The number of rotatable bonds is 2. The van der Waals surface area contributed by atoms with Crippen LogP contribution in [0, 0.1) is 23.2 Å². The first-order chi connectivity index (χ1) is 7.47. The van der Waals surface area contributed by atoms with E-state index in [9.17, 15) is 4.79 Å². The van der Waals surface area contributed by atoms with Crippen LogP contribution >= 0.6 is 0 Å². The van der Waals surface area contributed by atoms with E-state index in [-0.39, 0.29) is 17.9 Å². The molecule has 1 amide bonds. The Kier molecular flexibility index (Phi) is 4.31. The zero-order chi connectivity index (χ0) is 12.3. The summed E-state index contributed by atoms with van der Waals surface area (Å²) < 4.78 is 0. The van der Waals surface area contributed by atoms with E-state index in [1.165, 1.54) is 0 Å². The van der Waals surface area contributed by atoms with Crippen molar-refractivity contribution in [2.45, 2.75) is 26.8 Å². The van der Waals surface area contributed by atoms with Gasteiger partial charge in [0.2, 0.25) is 5.91 Å². The van der Waals surface area contributed by atoms with Crippen LogP contribution in [0.15, 0.2) is 0 Å². The van der Waals surface area contributed by atoms with E-state index in [4.69, 9.17) is 5.26 Å². The van der Waals surface area contributed by atoms with Crippen LogP contribution in [-0.2, 0) is 4.79 Å². The van der Waals surface area contributed by atoms with E-state index in [0.29, 0.717) is 0 Å². The van der Waals surface area contributed by atoms with Gasteiger partial charge >= 0.3 is 0 Å². The third kappa shape index (κ3) is 2.73. The van der Waals surface area contributed by atoms with Crippen LogP contribution in [0.5, 0.6) is 0 Å². The molecule has 0 radical (unpaired) electrons. The second-order valence-corrected chi connectivity index (χ2v) is 4.99. The molecule has 0 bridgehead atoms. The lowest BCUT2D eigenvalue weighted by atomic mass is 9.95. The Bertz CT molecular complexity index is 295. The van der Waals surface area contributed by atoms with Crippen LogP contribution in [0.2, 0.25) is 0 Å². The number of carbonyl (C=O) groups is 1. The van der Waals surface area contributed by atoms with Crippen LogP contribution in [0.25, 0.3) is 0 Å². The molecule has 0 aromatic heterocycles. The molecule has 2 unspecified atom stereocenters. The highest BCUT2D eigenvalue weighted by Gasteiger charge is 2.32. The van der Waals surface area contributed by atoms with Gasteiger partial charge in [-0.15, -0.1) is 0 Å². The summed E-state index contributed by atoms with van der Waals surface area (Å²) >= 11 is 0. The SMILES string of the molecule is CC(C)C(C#N)C(=O)N1CCN(C)CC1C. The molecule has 0 aromatic carbocycles. The van der Waals surface area contributed by atoms with E-state index in [1.807, 2.05) is 25.7 Å². The molecule has 1 saturated heterocycles. The first-order valence-corrected chi connectivity index (χ1v) is 5.86. The van der Waals surface area contributed by atoms with Crippen LogP contribution < -0.4 is 0 Å². The molecule has 90 valence electrons. The minimum atomic E-state index is -0.495. The maximum Gasteiger partial charge on any atom is 0.240 e. The van der Waals surface area contributed by atoms with Crippen molar-refractivity contribution >= 4 is 5.91 Å². The van der Waals surface area contributed by atoms with Gasteiger partial charge in [0.15, 0.2) is 0 Å². The Labute approximate surface area is 97.8 Å². The molecule has 0 aromatic rings. The molecule has 4 heteroatoms. The number of hydrogen-bond donors (Lipinski definition) is 0. The van der Waals surface area contributed by atoms with E-state index >= 15 is 0 Å². The maximum atomic E-state index is 12.2. The summed E-state index contributed by atoms with van der Waals surface area (Å²) in [7, 11) is 2.06. The predicted octanol–water partition coefficient (Wildman–Crippen LogP) is 0.945. The Morgan fingerprint density at radius 1 is 1.44 bits per heavy atom. The molecule has 0 aliphatic carbocycles. The summed E-state index contributed by atoms with van der Waals surface area (Å²) in [6.07, 6.45) is 0. The molecule has 1 rings (SSSR count). The van der Waals surface area contributed by atoms with E-state index in [0.717, 1.165) is 19.6 Å². The molecule has 1 fully saturated rings. The third-order valence-corrected chi connectivity index (χ3v) is 3.19. The Balaban J connectivity index is 2.70. The highest BCUT2D eigenvalue weighted by molar-refractivity contribution is 5.81. The molecule has 16 heavy (non-hydrogen) atoms. The van der Waals surface area contributed by atoms with E-state index in [2.05, 4.69) is 18.0 Å². The molecule has 0 saturated carbocycles. The number of amides is 1. The second-order valence-electron chi connectivity index (χ2n) is 4.99. The number of likely N-dealkylation sites (N-methyl/N-ethyl adjacent to an activating group) is 1. The van der Waals surface area contributed by atoms with Crippen molar-refractivity contribution in [2.24, 2.45) is 11.8 Å². The standard InChI is InChI=1S/C12H21N3O/c1-9(2)11(7-13)12(16)15-6-5-14(4)8-10(15)3/h9-11H,5-6,8H2,1-4H3. The zero-order valence-electron chi connectivity index (χ0n) is 10.6. The fraction of sp³-hybridized carbons (Fsp3) is 0.833. The van der Waals surface area contributed by atoms with Gasteiger partial charge in [0.05, 0.1) is 6.07 Å². The Morgan fingerprint density at radius 3 is 2.50 bits per heavy atom. The lowest BCUT2D eigenvalue weighted by molar-refractivity contribution is -0.139. The minimum Gasteiger partial charge on any atom is -0.336 e. The van der Waals surface area contributed by atoms with Gasteiger partial charge in [0.25, 0.3) is 0 Å². The van der Waals surface area contributed by atoms with Gasteiger partial charge in [0, 0.05) is 25.7 Å². The molecule has 0 N–H and O–H groups in total. The molecule has 2 atom stereocenters. The van der Waals surface area contributed by atoms with Crippen LogP contribution in [0.4, 0.5) is 0 Å². The molecule has 1 heterocycles. The summed E-state index contributed by atoms with van der Waals surface area (Å²) in [6.45, 7) is 8.41. The summed E-state index contributed by atoms with van der Waals surface area (Å²) in [5.41, 5.74) is 0. The van der Waals surface area contributed by atoms with Crippen LogP contribution in [0.3, 0.4) is 0 Å². The first-order valence-electron chi connectivity index (χ1n) is 5.86. The van der Waals surface area contributed by atoms with Gasteiger partial charge in [-0.2, -0.15) is 5.26 Å². The number of carbonyl (C=O) groups excluding carboxylic acids is 1. The molecule has 1 aliphatic heterocycles. The number of piperazine rings is 1. The highest BCUT2D eigenvalue weighted by atomic mass is 16.2. The Morgan fingerprint density at radius 2 is 2.06 bits per heavy atom. The lowest BCUT2D eigenvalue weighted by Gasteiger charge is -2.39. The monoisotopic (exact) mass is 223 g/mol. The Hall–Kier alpha value is -1.08. The summed E-state index contributed by atoms with van der Waals surface area (Å²) in [4.78, 5) is 16.2. The van der Waals surface area contributed by atoms with Crippen molar-refractivity contribution in [3.8, 4) is 6.07 Å². The lowest BCUT2D eigenvalue weighted by Crippen LogP contribution is -2.54. The van der Waals surface area contributed by atoms with Crippen molar-refractivity contribution < 1.29 is 4.79 Å². The smallest absolute Gasteiger partial charge is 0.240 e. The van der Waals surface area contributed by atoms with Gasteiger partial charge in [-0.1, -0.05) is 13.8 Å². The number of hydrogen-bond acceptors (Lipinski definition) is 3. The highest BCUT2D eigenvalue weighted by Crippen LogP contribution is 2.17. The maximum absolute atomic E-state index is 12.2. The van der Waals surface area contributed by atoms with Crippen LogP contribution in [0.1, 0.15) is 20.8 Å². The van der Waals surface area contributed by atoms with Crippen LogP contribution in [-0.4, -0.2) is 48.4 Å². The van der Waals surface area contributed by atoms with E-state index < -0.39 is 5.92 Å². The van der Waals surface area contributed by atoms with Gasteiger partial charge in [-0.3, -0.25) is 4.79 Å². The topological polar surface area (TPSA) is 47.3 Å². The van der Waals surface area contributed by atoms with Crippen molar-refractivity contribution in [1.82, 2.24) is 9.80 Å². The predicted molar refractivity (Wildman–Crippen MR) is 62.6 cm³/mol. The quantitative estimate of drug-likeness (QED) is 0.700. The fourth-order valence-electron chi connectivity index (χ4n) is 2.14. The zero-order valence-corrected chi connectivity index (χ0v) is 10.6. The molecular formula is C12H21N3O.